The molecule has 1 fully saturated rings. The lowest BCUT2D eigenvalue weighted by Gasteiger charge is -2.24. The zero-order chi connectivity index (χ0) is 14.1. The molecule has 0 aliphatic carbocycles. The van der Waals surface area contributed by atoms with E-state index in [2.05, 4.69) is 5.32 Å². The van der Waals surface area contributed by atoms with E-state index in [4.69, 9.17) is 4.74 Å². The number of aryl methyl sites for hydroxylation is 2. The van der Waals surface area contributed by atoms with Crippen molar-refractivity contribution in [3.8, 4) is 5.69 Å². The number of nitrogens with one attached hydrogen (secondary N) is 1. The van der Waals surface area contributed by atoms with Gasteiger partial charge in [0.25, 0.3) is 0 Å². The van der Waals surface area contributed by atoms with Crippen LogP contribution in [0.1, 0.15) is 17.4 Å². The third kappa shape index (κ3) is 2.30. The first-order valence-electron chi connectivity index (χ1n) is 6.84. The zero-order valence-electron chi connectivity index (χ0n) is 11.8. The van der Waals surface area contributed by atoms with Crippen molar-refractivity contribution in [1.29, 1.82) is 0 Å². The second-order valence-corrected chi connectivity index (χ2v) is 5.16. The Kier molecular flexibility index (Phi) is 3.46. The van der Waals surface area contributed by atoms with E-state index in [1.807, 2.05) is 37.4 Å². The molecule has 0 radical (unpaired) electrons. The minimum atomic E-state index is -0.0256. The molecule has 1 N–H and O–H groups in total. The summed E-state index contributed by atoms with van der Waals surface area (Å²) in [6, 6.07) is 8.01. The Morgan fingerprint density at radius 2 is 2.25 bits per heavy atom. The molecular formula is C15H19N3O2. The lowest BCUT2D eigenvalue weighted by Crippen LogP contribution is -2.33. The van der Waals surface area contributed by atoms with Crippen LogP contribution in [0.2, 0.25) is 0 Å². The predicted molar refractivity (Wildman–Crippen MR) is 77.3 cm³/mol. The number of benzene rings is 1. The van der Waals surface area contributed by atoms with Gasteiger partial charge in [0.05, 0.1) is 18.4 Å². The van der Waals surface area contributed by atoms with Gasteiger partial charge in [-0.25, -0.2) is 4.79 Å². The van der Waals surface area contributed by atoms with E-state index >= 15 is 0 Å². The van der Waals surface area contributed by atoms with Crippen molar-refractivity contribution in [3.63, 3.8) is 0 Å². The summed E-state index contributed by atoms with van der Waals surface area (Å²) in [5.41, 5.74) is 2.89. The average Bonchev–Trinajstić information content (AvgIpc) is 2.73. The summed E-state index contributed by atoms with van der Waals surface area (Å²) in [6.45, 7) is 4.37. The number of hydrogen-bond donors (Lipinski definition) is 1. The molecule has 1 aliphatic rings. The predicted octanol–water partition coefficient (Wildman–Crippen LogP) is 1.15. The highest BCUT2D eigenvalue weighted by molar-refractivity contribution is 5.38. The Balaban J connectivity index is 2.00. The third-order valence-electron chi connectivity index (χ3n) is 3.65. The minimum Gasteiger partial charge on any atom is -0.371 e. The highest BCUT2D eigenvalue weighted by Crippen LogP contribution is 2.21. The molecule has 0 saturated carbocycles. The monoisotopic (exact) mass is 273 g/mol. The summed E-state index contributed by atoms with van der Waals surface area (Å²) in [6.07, 6.45) is 1.90. The van der Waals surface area contributed by atoms with Crippen LogP contribution in [0.15, 0.2) is 35.3 Å². The molecule has 5 nitrogen and oxygen atoms in total. The second kappa shape index (κ2) is 5.26. The number of morpholine rings is 1. The van der Waals surface area contributed by atoms with Gasteiger partial charge in [-0.05, 0) is 24.6 Å². The molecule has 1 aliphatic heterocycles. The van der Waals surface area contributed by atoms with Crippen LogP contribution in [0.4, 0.5) is 0 Å². The molecule has 3 rings (SSSR count). The molecular weight excluding hydrogens is 254 g/mol. The van der Waals surface area contributed by atoms with Crippen molar-refractivity contribution >= 4 is 0 Å². The molecule has 0 amide bonds. The van der Waals surface area contributed by atoms with E-state index in [9.17, 15) is 4.79 Å². The Bertz CT molecular complexity index is 666. The minimum absolute atomic E-state index is 0.0256. The molecule has 0 bridgehead atoms. The number of imidazole rings is 1. The van der Waals surface area contributed by atoms with Crippen molar-refractivity contribution in [2.24, 2.45) is 7.05 Å². The normalized spacial score (nSPS) is 19.2. The third-order valence-corrected chi connectivity index (χ3v) is 3.65. The Morgan fingerprint density at radius 1 is 1.40 bits per heavy atom. The maximum atomic E-state index is 12.2. The summed E-state index contributed by atoms with van der Waals surface area (Å²) in [7, 11) is 1.77. The Hall–Kier alpha value is -1.85. The molecule has 0 spiro atoms. The van der Waals surface area contributed by atoms with Crippen molar-refractivity contribution in [1.82, 2.24) is 14.5 Å². The second-order valence-electron chi connectivity index (χ2n) is 5.16. The molecule has 2 aromatic rings. The molecule has 1 saturated heterocycles. The molecule has 1 atom stereocenters. The van der Waals surface area contributed by atoms with E-state index in [0.717, 1.165) is 36.6 Å². The average molecular weight is 273 g/mol. The fraction of sp³-hybridized carbons (Fsp3) is 0.400. The summed E-state index contributed by atoms with van der Waals surface area (Å²) < 4.78 is 9.09. The van der Waals surface area contributed by atoms with Crippen LogP contribution < -0.4 is 11.0 Å². The van der Waals surface area contributed by atoms with Crippen LogP contribution in [0.25, 0.3) is 5.69 Å². The number of ether oxygens (including phenoxy) is 1. The topological polar surface area (TPSA) is 48.2 Å². The van der Waals surface area contributed by atoms with Crippen LogP contribution >= 0.6 is 0 Å². The molecule has 5 heteroatoms. The largest absolute Gasteiger partial charge is 0.371 e. The van der Waals surface area contributed by atoms with Crippen LogP contribution in [0.5, 0.6) is 0 Å². The number of aromatic nitrogens is 2. The number of nitrogens with zero attached hydrogens (tertiary/aromatic N) is 2. The summed E-state index contributed by atoms with van der Waals surface area (Å²) in [5.74, 6) is 0. The smallest absolute Gasteiger partial charge is 0.332 e. The van der Waals surface area contributed by atoms with Gasteiger partial charge in [-0.3, -0.25) is 4.57 Å². The SMILES string of the molecule is Cc1cn(C)c(=O)n1-c1cccc(C2CNCCO2)c1. The maximum absolute atomic E-state index is 12.2. The van der Waals surface area contributed by atoms with Gasteiger partial charge in [-0.2, -0.15) is 0 Å². The lowest BCUT2D eigenvalue weighted by molar-refractivity contribution is 0.0277. The van der Waals surface area contributed by atoms with Gasteiger partial charge in [-0.15, -0.1) is 0 Å². The van der Waals surface area contributed by atoms with Crippen LogP contribution in [-0.2, 0) is 11.8 Å². The Morgan fingerprint density at radius 3 is 2.90 bits per heavy atom. The number of rotatable bonds is 2. The van der Waals surface area contributed by atoms with E-state index in [1.165, 1.54) is 0 Å². The molecule has 20 heavy (non-hydrogen) atoms. The van der Waals surface area contributed by atoms with Crippen molar-refractivity contribution < 1.29 is 4.74 Å². The van der Waals surface area contributed by atoms with Gasteiger partial charge < -0.3 is 14.6 Å². The van der Waals surface area contributed by atoms with E-state index < -0.39 is 0 Å². The van der Waals surface area contributed by atoms with E-state index in [1.54, 1.807) is 16.2 Å². The summed E-state index contributed by atoms with van der Waals surface area (Å²) >= 11 is 0. The van der Waals surface area contributed by atoms with Crippen molar-refractivity contribution in [2.45, 2.75) is 13.0 Å². The first-order valence-corrected chi connectivity index (χ1v) is 6.84. The van der Waals surface area contributed by atoms with Gasteiger partial charge in [0.15, 0.2) is 0 Å². The molecule has 1 aromatic carbocycles. The van der Waals surface area contributed by atoms with Crippen molar-refractivity contribution in [3.05, 3.63) is 52.2 Å². The first-order chi connectivity index (χ1) is 9.66. The van der Waals surface area contributed by atoms with Crippen LogP contribution in [0.3, 0.4) is 0 Å². The standard InChI is InChI=1S/C15H19N3O2/c1-11-10-17(2)15(19)18(11)13-5-3-4-12(8-13)14-9-16-6-7-20-14/h3-5,8,10,14,16H,6-7,9H2,1-2H3. The molecule has 106 valence electrons. The highest BCUT2D eigenvalue weighted by Gasteiger charge is 2.16. The zero-order valence-corrected chi connectivity index (χ0v) is 11.8. The van der Waals surface area contributed by atoms with Crippen molar-refractivity contribution in [2.75, 3.05) is 19.7 Å². The van der Waals surface area contributed by atoms with E-state index in [-0.39, 0.29) is 11.8 Å². The number of hydrogen-bond acceptors (Lipinski definition) is 3. The molecule has 1 aromatic heterocycles. The first kappa shape index (κ1) is 13.1. The van der Waals surface area contributed by atoms with E-state index in [0.29, 0.717) is 0 Å². The molecule has 1 unspecified atom stereocenters. The fourth-order valence-corrected chi connectivity index (χ4v) is 2.66. The quantitative estimate of drug-likeness (QED) is 0.893. The van der Waals surface area contributed by atoms with Gasteiger partial charge in [0.2, 0.25) is 0 Å². The summed E-state index contributed by atoms with van der Waals surface area (Å²) in [4.78, 5) is 12.2. The fourth-order valence-electron chi connectivity index (χ4n) is 2.66. The van der Waals surface area contributed by atoms with Gasteiger partial charge in [0.1, 0.15) is 0 Å². The summed E-state index contributed by atoms with van der Waals surface area (Å²) in [5, 5.41) is 3.32. The van der Waals surface area contributed by atoms with Crippen LogP contribution in [-0.4, -0.2) is 28.8 Å². The highest BCUT2D eigenvalue weighted by atomic mass is 16.5. The maximum Gasteiger partial charge on any atom is 0.332 e. The van der Waals surface area contributed by atoms with Gasteiger partial charge >= 0.3 is 5.69 Å². The van der Waals surface area contributed by atoms with Gasteiger partial charge in [-0.1, -0.05) is 12.1 Å². The Labute approximate surface area is 117 Å². The molecule has 2 heterocycles. The van der Waals surface area contributed by atoms with Gasteiger partial charge in [0, 0.05) is 32.0 Å². The lowest BCUT2D eigenvalue weighted by atomic mass is 10.1. The van der Waals surface area contributed by atoms with Crippen LogP contribution in [0, 0.1) is 6.92 Å².